The molecule has 0 aliphatic carbocycles. The molecule has 2 N–H and O–H groups in total. The zero-order valence-electron chi connectivity index (χ0n) is 59.0. The van der Waals surface area contributed by atoms with Crippen molar-refractivity contribution < 1.29 is 121 Å². The smallest absolute Gasteiger partial charge is 0.453 e. The van der Waals surface area contributed by atoms with Gasteiger partial charge in [-0.25, -0.2) is 0 Å². The van der Waals surface area contributed by atoms with Gasteiger partial charge in [-0.1, -0.05) is 25.7 Å². The molecule has 6 aromatic carbocycles. The van der Waals surface area contributed by atoms with E-state index in [4.69, 9.17) is 37.9 Å². The first kappa shape index (κ1) is 83.8. The van der Waals surface area contributed by atoms with E-state index < -0.39 is 97.4 Å². The molecule has 0 amide bonds. The third kappa shape index (κ3) is 21.0. The second kappa shape index (κ2) is 37.7. The molecule has 0 radical (unpaired) electrons. The Kier molecular flexibility index (Phi) is 29.8. The number of hydrogen-bond acceptors (Lipinski definition) is 18. The molecule has 2 aromatic heterocycles. The van der Waals surface area contributed by atoms with Gasteiger partial charge >= 0.3 is 48.1 Å². The quantitative estimate of drug-likeness (QED) is 0.00918. The topological polar surface area (TPSA) is 217 Å². The van der Waals surface area contributed by atoms with Crippen LogP contribution in [0.2, 0.25) is 0 Å². The van der Waals surface area contributed by atoms with Gasteiger partial charge in [-0.3, -0.25) is 28.8 Å². The van der Waals surface area contributed by atoms with Crippen LogP contribution in [0.5, 0.6) is 34.5 Å². The number of rotatable bonds is 38. The molecule has 16 nitrogen and oxygen atoms in total. The van der Waals surface area contributed by atoms with Crippen LogP contribution in [0.4, 0.5) is 43.9 Å². The molecule has 28 heteroatoms. The van der Waals surface area contributed by atoms with Crippen molar-refractivity contribution in [2.45, 2.75) is 142 Å². The average Bonchev–Trinajstić information content (AvgIpc) is 1.61. The van der Waals surface area contributed by atoms with Crippen molar-refractivity contribution in [3.8, 4) is 55.4 Å². The summed E-state index contributed by atoms with van der Waals surface area (Å²) in [6, 6.07) is 37.6. The van der Waals surface area contributed by atoms with Crippen molar-refractivity contribution in [2.75, 3.05) is 53.9 Å². The Morgan fingerprint density at radius 1 is 0.368 bits per heavy atom. The second-order valence-electron chi connectivity index (χ2n) is 24.6. The van der Waals surface area contributed by atoms with Crippen LogP contribution in [-0.2, 0) is 38.1 Å². The van der Waals surface area contributed by atoms with E-state index in [-0.39, 0.29) is 88.4 Å². The van der Waals surface area contributed by atoms with Gasteiger partial charge in [0, 0.05) is 65.0 Å². The van der Waals surface area contributed by atoms with Gasteiger partial charge in [0.05, 0.1) is 53.9 Å². The highest BCUT2D eigenvalue weighted by molar-refractivity contribution is 7.23. The van der Waals surface area contributed by atoms with Crippen molar-refractivity contribution in [2.24, 2.45) is 10.8 Å². The highest BCUT2D eigenvalue weighted by Crippen LogP contribution is 2.47. The Balaban J connectivity index is 0.000000296. The molecule has 106 heavy (non-hydrogen) atoms. The molecule has 572 valence electrons. The Morgan fingerprint density at radius 2 is 0.698 bits per heavy atom. The lowest BCUT2D eigenvalue weighted by atomic mass is 9.77. The number of ketones is 2. The minimum Gasteiger partial charge on any atom is -0.508 e. The summed E-state index contributed by atoms with van der Waals surface area (Å²) < 4.78 is 175. The van der Waals surface area contributed by atoms with E-state index in [0.29, 0.717) is 81.2 Å². The summed E-state index contributed by atoms with van der Waals surface area (Å²) in [5.41, 5.74) is -0.604. The summed E-state index contributed by atoms with van der Waals surface area (Å²) in [6.07, 6.45) is -15.5. The summed E-state index contributed by atoms with van der Waals surface area (Å²) in [6.45, 7) is 5.87. The fourth-order valence-corrected chi connectivity index (χ4v) is 14.3. The van der Waals surface area contributed by atoms with Crippen LogP contribution in [0.1, 0.15) is 149 Å². The summed E-state index contributed by atoms with van der Waals surface area (Å²) in [4.78, 5) is 81.3. The Hall–Kier alpha value is -9.44. The average molecular weight is 1530 g/mol. The number of thiophene rings is 2. The molecule has 0 saturated carbocycles. The minimum absolute atomic E-state index is 0.0658. The van der Waals surface area contributed by atoms with Crippen LogP contribution in [0.3, 0.4) is 0 Å². The highest BCUT2D eigenvalue weighted by Gasteiger charge is 2.59. The Morgan fingerprint density at radius 3 is 1.07 bits per heavy atom. The van der Waals surface area contributed by atoms with E-state index in [2.05, 4.69) is 0 Å². The number of ether oxygens (including phenoxy) is 8. The Labute approximate surface area is 613 Å². The number of phenols is 2. The molecule has 0 atom stereocenters. The lowest BCUT2D eigenvalue weighted by Gasteiger charge is -2.30. The molecular weight excluding hydrogens is 1450 g/mol. The summed E-state index contributed by atoms with van der Waals surface area (Å²) in [5, 5.41) is 21.2. The number of fused-ring (bicyclic) bond motifs is 2. The Bertz CT molecular complexity index is 4210. The monoisotopic (exact) mass is 1530 g/mol. The van der Waals surface area contributed by atoms with Crippen LogP contribution in [-0.4, -0.2) is 124 Å². The summed E-state index contributed by atoms with van der Waals surface area (Å²) in [7, 11) is 3.17. The first-order valence-electron chi connectivity index (χ1n) is 34.3. The summed E-state index contributed by atoms with van der Waals surface area (Å²) >= 11 is 2.84. The van der Waals surface area contributed by atoms with E-state index in [0.717, 1.165) is 30.8 Å². The predicted molar refractivity (Wildman–Crippen MR) is 380 cm³/mol. The van der Waals surface area contributed by atoms with Gasteiger partial charge in [0.1, 0.15) is 34.5 Å². The van der Waals surface area contributed by atoms with Crippen LogP contribution in [0.25, 0.3) is 41.1 Å². The van der Waals surface area contributed by atoms with E-state index in [1.54, 1.807) is 87.0 Å². The van der Waals surface area contributed by atoms with Crippen molar-refractivity contribution in [3.63, 3.8) is 0 Å². The molecule has 0 aliphatic rings. The number of halogens is 10. The third-order valence-corrected chi connectivity index (χ3v) is 19.9. The third-order valence-electron chi connectivity index (χ3n) is 17.5. The van der Waals surface area contributed by atoms with Gasteiger partial charge in [0.15, 0.2) is 22.4 Å². The second-order valence-corrected chi connectivity index (χ2v) is 26.7. The van der Waals surface area contributed by atoms with Crippen molar-refractivity contribution in [1.82, 2.24) is 0 Å². The lowest BCUT2D eigenvalue weighted by molar-refractivity contribution is -0.285. The maximum atomic E-state index is 14.0. The number of unbranched alkanes of at least 4 members (excludes halogenated alkanes) is 4. The fraction of sp³-hybridized carbons (Fsp3) is 0.410. The maximum Gasteiger partial charge on any atom is 0.453 e. The van der Waals surface area contributed by atoms with Gasteiger partial charge in [0.25, 0.3) is 0 Å². The van der Waals surface area contributed by atoms with Gasteiger partial charge in [-0.2, -0.15) is 43.9 Å². The molecule has 0 saturated heterocycles. The number of alkyl halides is 10. The zero-order valence-corrected chi connectivity index (χ0v) is 60.7. The molecular formula is C78H82F10O16S2. The van der Waals surface area contributed by atoms with Crippen molar-refractivity contribution in [3.05, 3.63) is 156 Å². The highest BCUT2D eigenvalue weighted by atomic mass is 32.1. The number of carbonyl (C=O) groups excluding carboxylic acids is 6. The SMILES string of the molecule is CCOC(=O)C(CCCCCOc1ccc(C(=O)c2c(-c3ccc(O)cc3)sc3cc(O)ccc23)cc1)(CCCC(F)(F)C(F)(F)F)C(=O)OCC.CCOC(=O)C(CCCCCOc1ccc(C(=O)c2c(-c3ccc(OC)cc3)sc3cc(OC)ccc23)cc1)(CCCC(F)(F)C(F)(F)F)C(=O)OCC. The largest absolute Gasteiger partial charge is 0.508 e. The number of benzene rings is 6. The van der Waals surface area contributed by atoms with Crippen LogP contribution < -0.4 is 18.9 Å². The molecule has 0 fully saturated rings. The van der Waals surface area contributed by atoms with Gasteiger partial charge < -0.3 is 48.1 Å². The zero-order chi connectivity index (χ0) is 77.6. The molecule has 0 spiro atoms. The van der Waals surface area contributed by atoms with Crippen LogP contribution in [0, 0.1) is 10.8 Å². The van der Waals surface area contributed by atoms with Crippen molar-refractivity contribution >= 4 is 78.3 Å². The molecule has 0 unspecified atom stereocenters. The van der Waals surface area contributed by atoms with E-state index >= 15 is 0 Å². The number of methoxy groups -OCH3 is 2. The molecule has 0 bridgehead atoms. The van der Waals surface area contributed by atoms with Crippen LogP contribution in [0.15, 0.2) is 133 Å². The molecule has 0 aliphatic heterocycles. The van der Waals surface area contributed by atoms with Gasteiger partial charge in [0.2, 0.25) is 0 Å². The predicted octanol–water partition coefficient (Wildman–Crippen LogP) is 19.9. The number of aromatic hydroxyl groups is 2. The number of esters is 4. The van der Waals surface area contributed by atoms with Gasteiger partial charge in [-0.15, -0.1) is 22.7 Å². The standard InChI is InChI=1S/C40H43F5O8S.C38H39F5O8S/c1-5-51-36(47)38(37(48)52-6-2,22-10-23-39(41,42)40(43,44)45)21-8-7-9-24-53-29-17-11-26(12-18-29)34(46)33-31-20-19-30(50-4)25-32(31)54-35(33)27-13-15-28(49-3)16-14-27;1-3-49-34(47)36(35(48)50-4-2,20-8-21-37(39,40)38(41,42)43)19-6-5-7-22-51-28-16-11-24(12-17-28)32(46)31-29-18-15-27(45)23-30(29)52-33(31)25-9-13-26(44)14-10-25/h11-20,25H,5-10,21-24H2,1-4H3;9-18,23,44-45H,3-8,19-22H2,1-2H3. The first-order valence-corrected chi connectivity index (χ1v) is 35.9. The van der Waals surface area contributed by atoms with E-state index in [1.165, 1.54) is 68.6 Å². The normalized spacial score (nSPS) is 12.1. The van der Waals surface area contributed by atoms with Gasteiger partial charge in [-0.05, 0) is 224 Å². The van der Waals surface area contributed by atoms with E-state index in [1.807, 2.05) is 42.5 Å². The summed E-state index contributed by atoms with van der Waals surface area (Å²) in [5.74, 6) is -12.0. The molecule has 8 rings (SSSR count). The molecule has 2 heterocycles. The van der Waals surface area contributed by atoms with Crippen molar-refractivity contribution in [1.29, 1.82) is 0 Å². The lowest BCUT2D eigenvalue weighted by Crippen LogP contribution is -2.43. The van der Waals surface area contributed by atoms with E-state index in [9.17, 15) is 82.9 Å². The molecule has 8 aromatic rings. The fourth-order valence-electron chi connectivity index (χ4n) is 11.8. The number of phenolic OH excluding ortho intramolecular Hbond substituents is 2. The number of carbonyl (C=O) groups is 6. The van der Waals surface area contributed by atoms with Crippen LogP contribution >= 0.6 is 22.7 Å². The first-order chi connectivity index (χ1) is 50.3. The minimum atomic E-state index is -5.76. The maximum absolute atomic E-state index is 14.0. The number of hydrogen-bond donors (Lipinski definition) is 2.